The Morgan fingerprint density at radius 1 is 1.05 bits per heavy atom. The van der Waals surface area contributed by atoms with Crippen LogP contribution in [-0.4, -0.2) is 89.8 Å². The van der Waals surface area contributed by atoms with Crippen LogP contribution in [-0.2, 0) is 29.1 Å². The van der Waals surface area contributed by atoms with E-state index in [1.54, 1.807) is 20.8 Å². The normalized spacial score (nSPS) is 27.5. The number of rotatable bonds is 6. The number of amides is 4. The molecule has 5 aliphatic rings. The van der Waals surface area contributed by atoms with Crippen molar-refractivity contribution >= 4 is 44.7 Å². The number of alkyl carbamates (subject to hydrolysis) is 1. The third-order valence-electron chi connectivity index (χ3n) is 11.5. The van der Waals surface area contributed by atoms with E-state index in [9.17, 15) is 27.6 Å². The molecule has 2 aliphatic heterocycles. The summed E-state index contributed by atoms with van der Waals surface area (Å²) in [6, 6.07) is 14.9. The van der Waals surface area contributed by atoms with E-state index in [2.05, 4.69) is 15.4 Å². The molecule has 3 aliphatic carbocycles. The lowest BCUT2D eigenvalue weighted by Gasteiger charge is -2.35. The van der Waals surface area contributed by atoms with E-state index in [0.29, 0.717) is 54.8 Å². The van der Waals surface area contributed by atoms with Gasteiger partial charge in [0.1, 0.15) is 41.7 Å². The molecule has 4 bridgehead atoms. The standard InChI is InChI=1S/C40H47N5O9S/c1-5-25-20-40(25,36(48)44-55(50,51)28-13-14-28)43-33(46)31-19-27-21-45(31)35(47)32(38(2,3)4)42-37(49)52-22-39(15-16-39)54-26-11-8-10-23(17-26)29-18-24-9-6-7-12-30(24)41-34(29)53-27/h6-12,17-18,25,27-28,31-32H,5,13-16,19-22H2,1-4H3,(H,42,49)(H,43,46)(H,44,48)/t25-,27?,31+,32+,40?/m1/s1. The molecule has 1 aromatic heterocycles. The second-order valence-electron chi connectivity index (χ2n) is 16.8. The predicted molar refractivity (Wildman–Crippen MR) is 201 cm³/mol. The average Bonchev–Trinajstić information content (AvgIpc) is 4.06. The maximum Gasteiger partial charge on any atom is 0.407 e. The van der Waals surface area contributed by atoms with Crippen LogP contribution < -0.4 is 24.8 Å². The van der Waals surface area contributed by atoms with Crippen molar-refractivity contribution in [1.29, 1.82) is 0 Å². The maximum atomic E-state index is 14.7. The Balaban J connectivity index is 1.17. The number of hydrogen-bond acceptors (Lipinski definition) is 10. The molecule has 2 unspecified atom stereocenters. The van der Waals surface area contributed by atoms with E-state index >= 15 is 0 Å². The van der Waals surface area contributed by atoms with E-state index in [4.69, 9.17) is 19.2 Å². The van der Waals surface area contributed by atoms with Gasteiger partial charge in [-0.25, -0.2) is 18.2 Å². The van der Waals surface area contributed by atoms with Crippen LogP contribution in [0.15, 0.2) is 54.6 Å². The van der Waals surface area contributed by atoms with Crippen LogP contribution in [0.25, 0.3) is 22.0 Å². The molecule has 14 nitrogen and oxygen atoms in total. The topological polar surface area (TPSA) is 182 Å². The van der Waals surface area contributed by atoms with Crippen molar-refractivity contribution in [3.05, 3.63) is 54.6 Å². The molecule has 0 radical (unpaired) electrons. The fraction of sp³-hybridized carbons (Fsp3) is 0.525. The van der Waals surface area contributed by atoms with Gasteiger partial charge in [-0.15, -0.1) is 0 Å². The van der Waals surface area contributed by atoms with Crippen LogP contribution in [0.4, 0.5) is 4.79 Å². The van der Waals surface area contributed by atoms with Gasteiger partial charge in [0.25, 0.3) is 5.91 Å². The number of nitrogens with zero attached hydrogens (tertiary/aromatic N) is 2. The largest absolute Gasteiger partial charge is 0.484 e. The van der Waals surface area contributed by atoms with Crippen LogP contribution in [0.1, 0.15) is 72.6 Å². The quantitative estimate of drug-likeness (QED) is 0.328. The van der Waals surface area contributed by atoms with E-state index in [-0.39, 0.29) is 31.9 Å². The molecular formula is C40H47N5O9S. The summed E-state index contributed by atoms with van der Waals surface area (Å²) in [6.45, 7) is 7.21. The van der Waals surface area contributed by atoms with Gasteiger partial charge in [-0.2, -0.15) is 0 Å². The molecule has 55 heavy (non-hydrogen) atoms. The molecule has 3 aromatic rings. The second kappa shape index (κ2) is 13.4. The summed E-state index contributed by atoms with van der Waals surface area (Å²) in [7, 11) is -3.87. The van der Waals surface area contributed by atoms with Gasteiger partial charge in [0.2, 0.25) is 27.7 Å². The van der Waals surface area contributed by atoms with Crippen LogP contribution in [0.5, 0.6) is 11.6 Å². The summed E-state index contributed by atoms with van der Waals surface area (Å²) in [5.74, 6) is -1.33. The predicted octanol–water partition coefficient (Wildman–Crippen LogP) is 4.21. The number of sulfonamides is 1. The lowest BCUT2D eigenvalue weighted by Crippen LogP contribution is -2.60. The van der Waals surface area contributed by atoms with Crippen molar-refractivity contribution in [2.45, 2.75) is 107 Å². The number of nitrogens with one attached hydrogen (secondary N) is 3. The Hall–Kier alpha value is -4.92. The second-order valence-corrected chi connectivity index (χ2v) is 18.8. The number of benzene rings is 2. The molecule has 3 heterocycles. The molecule has 1 spiro atoms. The summed E-state index contributed by atoms with van der Waals surface area (Å²) >= 11 is 0. The third-order valence-corrected chi connectivity index (χ3v) is 13.3. The molecule has 4 fully saturated rings. The first kappa shape index (κ1) is 37.0. The fourth-order valence-corrected chi connectivity index (χ4v) is 9.15. The summed E-state index contributed by atoms with van der Waals surface area (Å²) in [5.41, 5.74) is -0.831. The number of para-hydroxylation sites is 1. The van der Waals surface area contributed by atoms with E-state index in [1.807, 2.05) is 61.5 Å². The number of fused-ring (bicyclic) bond motifs is 7. The Morgan fingerprint density at radius 2 is 1.82 bits per heavy atom. The van der Waals surface area contributed by atoms with Gasteiger partial charge in [0.15, 0.2) is 0 Å². The lowest BCUT2D eigenvalue weighted by atomic mass is 9.85. The monoisotopic (exact) mass is 773 g/mol. The number of pyridine rings is 1. The number of carbonyl (C=O) groups is 4. The minimum atomic E-state index is -3.87. The van der Waals surface area contributed by atoms with Gasteiger partial charge >= 0.3 is 6.09 Å². The SMILES string of the molecule is CC[C@@H]1CC1(NC(=O)[C@@H]1CC2CN1C(=O)[C@@H](C(C)(C)C)NC(=O)OCC1(CC1)Oc1cccc(c1)-c1cc3ccccc3nc1O2)C(=O)NS(=O)(=O)C1CC1. The fourth-order valence-electron chi connectivity index (χ4n) is 7.79. The third kappa shape index (κ3) is 7.30. The van der Waals surface area contributed by atoms with Crippen molar-refractivity contribution in [2.75, 3.05) is 13.2 Å². The molecule has 4 amide bonds. The van der Waals surface area contributed by atoms with E-state index in [0.717, 1.165) is 10.9 Å². The smallest absolute Gasteiger partial charge is 0.407 e. The van der Waals surface area contributed by atoms with Crippen molar-refractivity contribution in [3.8, 4) is 22.8 Å². The molecule has 2 aromatic carbocycles. The van der Waals surface area contributed by atoms with Gasteiger partial charge in [0, 0.05) is 17.4 Å². The Morgan fingerprint density at radius 3 is 2.51 bits per heavy atom. The van der Waals surface area contributed by atoms with Crippen LogP contribution in [0.2, 0.25) is 0 Å². The zero-order valence-corrected chi connectivity index (χ0v) is 32.2. The number of hydrogen-bond donors (Lipinski definition) is 3. The Labute approximate surface area is 320 Å². The Kier molecular flexibility index (Phi) is 9.01. The van der Waals surface area contributed by atoms with Gasteiger partial charge in [-0.3, -0.25) is 19.1 Å². The molecule has 3 saturated carbocycles. The minimum absolute atomic E-state index is 0.0317. The average molecular weight is 774 g/mol. The zero-order chi connectivity index (χ0) is 38.9. The summed E-state index contributed by atoms with van der Waals surface area (Å²) < 4.78 is 46.5. The highest BCUT2D eigenvalue weighted by Crippen LogP contribution is 2.47. The van der Waals surface area contributed by atoms with Crippen molar-refractivity contribution in [1.82, 2.24) is 25.2 Å². The number of ether oxygens (including phenoxy) is 3. The Bertz CT molecular complexity index is 2180. The van der Waals surface area contributed by atoms with Gasteiger partial charge in [-0.05, 0) is 73.3 Å². The zero-order valence-electron chi connectivity index (χ0n) is 31.4. The summed E-state index contributed by atoms with van der Waals surface area (Å²) in [6.07, 6.45) is 1.60. The first-order valence-electron chi connectivity index (χ1n) is 19.1. The lowest BCUT2D eigenvalue weighted by molar-refractivity contribution is -0.143. The number of cyclic esters (lactones) is 1. The first-order chi connectivity index (χ1) is 26.1. The van der Waals surface area contributed by atoms with Crippen LogP contribution >= 0.6 is 0 Å². The molecule has 5 atom stereocenters. The highest BCUT2D eigenvalue weighted by atomic mass is 32.2. The van der Waals surface area contributed by atoms with Gasteiger partial charge < -0.3 is 29.7 Å². The van der Waals surface area contributed by atoms with Crippen molar-refractivity contribution in [2.24, 2.45) is 11.3 Å². The maximum absolute atomic E-state index is 14.7. The summed E-state index contributed by atoms with van der Waals surface area (Å²) in [4.78, 5) is 62.4. The molecule has 3 N–H and O–H groups in total. The summed E-state index contributed by atoms with van der Waals surface area (Å²) in [5, 5.41) is 5.91. The molecule has 292 valence electrons. The minimum Gasteiger partial charge on any atom is -0.484 e. The van der Waals surface area contributed by atoms with Crippen molar-refractivity contribution < 1.29 is 41.8 Å². The van der Waals surface area contributed by atoms with E-state index in [1.165, 1.54) is 4.90 Å². The van der Waals surface area contributed by atoms with Crippen LogP contribution in [0.3, 0.4) is 0 Å². The van der Waals surface area contributed by atoms with Crippen LogP contribution in [0, 0.1) is 11.3 Å². The van der Waals surface area contributed by atoms with E-state index < -0.39 is 73.8 Å². The van der Waals surface area contributed by atoms with Gasteiger partial charge in [-0.1, -0.05) is 64.4 Å². The number of aromatic nitrogens is 1. The molecule has 1 saturated heterocycles. The van der Waals surface area contributed by atoms with Crippen molar-refractivity contribution in [3.63, 3.8) is 0 Å². The first-order valence-corrected chi connectivity index (χ1v) is 20.6. The highest BCUT2D eigenvalue weighted by molar-refractivity contribution is 7.91. The molecule has 8 rings (SSSR count). The molecular weight excluding hydrogens is 727 g/mol. The molecule has 15 heteroatoms. The van der Waals surface area contributed by atoms with Gasteiger partial charge in [0.05, 0.1) is 17.3 Å². The number of carbonyl (C=O) groups excluding carboxylic acids is 4. The highest BCUT2D eigenvalue weighted by Gasteiger charge is 2.62.